The zero-order valence-corrected chi connectivity index (χ0v) is 20.2. The number of ether oxygens (including phenoxy) is 4. The van der Waals surface area contributed by atoms with E-state index in [-0.39, 0.29) is 0 Å². The maximum atomic E-state index is 13.4. The number of methoxy groups -OCH3 is 3. The van der Waals surface area contributed by atoms with E-state index in [0.29, 0.717) is 40.6 Å². The van der Waals surface area contributed by atoms with E-state index in [9.17, 15) is 4.39 Å². The predicted molar refractivity (Wildman–Crippen MR) is 136 cm³/mol. The largest absolute Gasteiger partial charge is 0.504 e. The highest BCUT2D eigenvalue weighted by atomic mass is 19.1. The van der Waals surface area contributed by atoms with Crippen LogP contribution in [0.2, 0.25) is 0 Å². The standard InChI is InChI=1S/C28H26FN3O4/c1-33-17-24(20-7-11-27(29)31-14-20)23-12-21(15-32-28(23)30)19-6-10-25(26(13-19)35-3)36-16-18-4-8-22(34-2)9-5-18/h4-15,17H,16H2,1-3H3,(H2,30,32)/b24-17+. The lowest BCUT2D eigenvalue weighted by Gasteiger charge is -2.14. The summed E-state index contributed by atoms with van der Waals surface area (Å²) in [5, 5.41) is 0. The smallest absolute Gasteiger partial charge is 0.212 e. The van der Waals surface area contributed by atoms with Gasteiger partial charge in [-0.25, -0.2) is 9.97 Å². The summed E-state index contributed by atoms with van der Waals surface area (Å²) >= 11 is 0. The second-order valence-electron chi connectivity index (χ2n) is 7.80. The van der Waals surface area contributed by atoms with Gasteiger partial charge in [-0.1, -0.05) is 18.2 Å². The number of hydrogen-bond donors (Lipinski definition) is 1. The Bertz CT molecular complexity index is 1360. The molecule has 0 aliphatic rings. The summed E-state index contributed by atoms with van der Waals surface area (Å²) in [7, 11) is 4.75. The fraction of sp³-hybridized carbons (Fsp3) is 0.143. The quantitative estimate of drug-likeness (QED) is 0.246. The molecule has 0 saturated carbocycles. The molecule has 0 amide bonds. The molecule has 2 N–H and O–H groups in total. The average Bonchev–Trinajstić information content (AvgIpc) is 2.92. The number of anilines is 1. The summed E-state index contributed by atoms with van der Waals surface area (Å²) in [5.41, 5.74) is 10.8. The number of nitrogens with two attached hydrogens (primary N) is 1. The molecular formula is C28H26FN3O4. The number of halogens is 1. The fourth-order valence-electron chi connectivity index (χ4n) is 3.64. The van der Waals surface area contributed by atoms with E-state index >= 15 is 0 Å². The van der Waals surface area contributed by atoms with E-state index in [2.05, 4.69) is 9.97 Å². The topological polar surface area (TPSA) is 88.7 Å². The first-order chi connectivity index (χ1) is 17.5. The first kappa shape index (κ1) is 24.5. The molecule has 0 aliphatic heterocycles. The summed E-state index contributed by atoms with van der Waals surface area (Å²) in [4.78, 5) is 8.11. The van der Waals surface area contributed by atoms with Gasteiger partial charge in [-0.15, -0.1) is 0 Å². The van der Waals surface area contributed by atoms with E-state index in [1.165, 1.54) is 25.6 Å². The highest BCUT2D eigenvalue weighted by Gasteiger charge is 2.15. The van der Waals surface area contributed by atoms with Crippen LogP contribution < -0.4 is 19.9 Å². The summed E-state index contributed by atoms with van der Waals surface area (Å²) in [6.45, 7) is 0.379. The van der Waals surface area contributed by atoms with Gasteiger partial charge in [0.25, 0.3) is 0 Å². The third kappa shape index (κ3) is 5.55. The lowest BCUT2D eigenvalue weighted by Crippen LogP contribution is -2.01. The Morgan fingerprint density at radius 2 is 1.67 bits per heavy atom. The molecular weight excluding hydrogens is 461 g/mol. The number of hydrogen-bond acceptors (Lipinski definition) is 7. The molecule has 2 aromatic carbocycles. The van der Waals surface area contributed by atoms with Crippen LogP contribution in [0.1, 0.15) is 16.7 Å². The number of rotatable bonds is 9. The molecule has 0 fully saturated rings. The Morgan fingerprint density at radius 3 is 2.33 bits per heavy atom. The number of nitrogens with zero attached hydrogens (tertiary/aromatic N) is 2. The van der Waals surface area contributed by atoms with Crippen molar-refractivity contribution in [3.05, 3.63) is 102 Å². The number of benzene rings is 2. The molecule has 0 spiro atoms. The van der Waals surface area contributed by atoms with Crippen molar-refractivity contribution in [2.24, 2.45) is 0 Å². The summed E-state index contributed by atoms with van der Waals surface area (Å²) in [6, 6.07) is 18.1. The van der Waals surface area contributed by atoms with Crippen molar-refractivity contribution in [1.82, 2.24) is 9.97 Å². The first-order valence-corrected chi connectivity index (χ1v) is 11.1. The van der Waals surface area contributed by atoms with E-state index < -0.39 is 5.95 Å². The highest BCUT2D eigenvalue weighted by molar-refractivity contribution is 5.86. The van der Waals surface area contributed by atoms with Crippen molar-refractivity contribution in [1.29, 1.82) is 0 Å². The minimum Gasteiger partial charge on any atom is -0.504 e. The molecule has 2 aromatic heterocycles. The van der Waals surface area contributed by atoms with Gasteiger partial charge in [0.2, 0.25) is 5.95 Å². The van der Waals surface area contributed by atoms with Crippen molar-refractivity contribution in [3.8, 4) is 28.4 Å². The minimum absolute atomic E-state index is 0.304. The Labute approximate surface area is 209 Å². The average molecular weight is 488 g/mol. The molecule has 0 unspecified atom stereocenters. The van der Waals surface area contributed by atoms with Crippen LogP contribution in [0.15, 0.2) is 79.3 Å². The van der Waals surface area contributed by atoms with Crippen molar-refractivity contribution in [2.75, 3.05) is 27.1 Å². The Morgan fingerprint density at radius 1 is 0.861 bits per heavy atom. The van der Waals surface area contributed by atoms with Gasteiger partial charge in [-0.05, 0) is 53.6 Å². The van der Waals surface area contributed by atoms with Gasteiger partial charge in [0, 0.05) is 34.7 Å². The Balaban J connectivity index is 1.62. The van der Waals surface area contributed by atoms with Crippen LogP contribution >= 0.6 is 0 Å². The highest BCUT2D eigenvalue weighted by Crippen LogP contribution is 2.35. The van der Waals surface area contributed by atoms with E-state index in [4.69, 9.17) is 24.7 Å². The van der Waals surface area contributed by atoms with Crippen molar-refractivity contribution in [2.45, 2.75) is 6.61 Å². The van der Waals surface area contributed by atoms with Gasteiger partial charge in [-0.2, -0.15) is 4.39 Å². The number of aromatic nitrogens is 2. The normalized spacial score (nSPS) is 11.2. The second kappa shape index (κ2) is 11.2. The fourth-order valence-corrected chi connectivity index (χ4v) is 3.64. The van der Waals surface area contributed by atoms with Crippen LogP contribution in [0.4, 0.5) is 10.2 Å². The predicted octanol–water partition coefficient (Wildman–Crippen LogP) is 5.50. The molecule has 2 heterocycles. The lowest BCUT2D eigenvalue weighted by atomic mass is 9.97. The van der Waals surface area contributed by atoms with Crippen LogP contribution in [0.3, 0.4) is 0 Å². The molecule has 8 heteroatoms. The Hall–Kier alpha value is -4.59. The number of pyridine rings is 2. The van der Waals surface area contributed by atoms with Gasteiger partial charge in [0.1, 0.15) is 18.2 Å². The zero-order chi connectivity index (χ0) is 25.5. The van der Waals surface area contributed by atoms with Gasteiger partial charge >= 0.3 is 0 Å². The monoisotopic (exact) mass is 487 g/mol. The van der Waals surface area contributed by atoms with Crippen LogP contribution in [0.5, 0.6) is 17.2 Å². The SMILES string of the molecule is CO/C=C(\c1ccc(F)nc1)c1cc(-c2ccc(OCc3ccc(OC)cc3)c(OC)c2)cnc1N. The second-order valence-corrected chi connectivity index (χ2v) is 7.80. The van der Waals surface area contributed by atoms with Gasteiger partial charge < -0.3 is 24.7 Å². The van der Waals surface area contributed by atoms with Gasteiger partial charge in [0.05, 0.1) is 27.6 Å². The molecule has 0 bridgehead atoms. The van der Waals surface area contributed by atoms with Gasteiger partial charge in [-0.3, -0.25) is 0 Å². The van der Waals surface area contributed by atoms with E-state index in [1.807, 2.05) is 48.5 Å². The maximum absolute atomic E-state index is 13.4. The minimum atomic E-state index is -0.572. The van der Waals surface area contributed by atoms with Crippen molar-refractivity contribution < 1.29 is 23.3 Å². The van der Waals surface area contributed by atoms with Crippen LogP contribution in [0, 0.1) is 5.95 Å². The van der Waals surface area contributed by atoms with E-state index in [0.717, 1.165) is 22.4 Å². The van der Waals surface area contributed by atoms with Crippen LogP contribution in [0.25, 0.3) is 16.7 Å². The zero-order valence-electron chi connectivity index (χ0n) is 20.2. The maximum Gasteiger partial charge on any atom is 0.212 e. The number of nitrogen functional groups attached to an aromatic ring is 1. The summed E-state index contributed by atoms with van der Waals surface area (Å²) in [6.07, 6.45) is 4.63. The van der Waals surface area contributed by atoms with E-state index in [1.54, 1.807) is 26.5 Å². The lowest BCUT2D eigenvalue weighted by molar-refractivity contribution is 0.284. The summed E-state index contributed by atoms with van der Waals surface area (Å²) < 4.78 is 35.4. The molecule has 4 rings (SSSR count). The molecule has 0 saturated heterocycles. The van der Waals surface area contributed by atoms with Gasteiger partial charge in [0.15, 0.2) is 11.5 Å². The molecule has 0 aliphatic carbocycles. The molecule has 36 heavy (non-hydrogen) atoms. The molecule has 7 nitrogen and oxygen atoms in total. The molecule has 0 atom stereocenters. The summed E-state index contributed by atoms with van der Waals surface area (Å²) in [5.74, 6) is 1.71. The van der Waals surface area contributed by atoms with Crippen molar-refractivity contribution in [3.63, 3.8) is 0 Å². The molecule has 4 aromatic rings. The first-order valence-electron chi connectivity index (χ1n) is 11.1. The third-order valence-corrected chi connectivity index (χ3v) is 5.53. The molecule has 0 radical (unpaired) electrons. The van der Waals surface area contributed by atoms with Crippen LogP contribution in [-0.4, -0.2) is 31.3 Å². The molecule has 184 valence electrons. The van der Waals surface area contributed by atoms with Crippen LogP contribution in [-0.2, 0) is 11.3 Å². The van der Waals surface area contributed by atoms with Crippen molar-refractivity contribution >= 4 is 11.4 Å². The Kier molecular flexibility index (Phi) is 7.65. The third-order valence-electron chi connectivity index (χ3n) is 5.53.